The summed E-state index contributed by atoms with van der Waals surface area (Å²) in [5.41, 5.74) is 4.06. The van der Waals surface area contributed by atoms with Gasteiger partial charge in [-0.1, -0.05) is 17.3 Å². The maximum atomic E-state index is 11.2. The van der Waals surface area contributed by atoms with Crippen LogP contribution in [0.4, 0.5) is 0 Å². The van der Waals surface area contributed by atoms with Gasteiger partial charge >= 0.3 is 5.97 Å². The molecule has 1 aromatic carbocycles. The van der Waals surface area contributed by atoms with E-state index in [9.17, 15) is 9.90 Å². The molecule has 4 rings (SSSR count). The molecule has 0 bridgehead atoms. The summed E-state index contributed by atoms with van der Waals surface area (Å²) in [6.07, 6.45) is 3.13. The number of aromatic nitrogens is 3. The van der Waals surface area contributed by atoms with Gasteiger partial charge in [-0.3, -0.25) is 4.90 Å². The van der Waals surface area contributed by atoms with E-state index in [-0.39, 0.29) is 18.1 Å². The summed E-state index contributed by atoms with van der Waals surface area (Å²) in [6, 6.07) is 6.77. The van der Waals surface area contributed by atoms with Gasteiger partial charge in [-0.15, -0.1) is 17.5 Å². The molecule has 0 radical (unpaired) electrons. The molecule has 7 nitrogen and oxygen atoms in total. The summed E-state index contributed by atoms with van der Waals surface area (Å²) >= 11 is 0. The van der Waals surface area contributed by atoms with Crippen LogP contribution in [-0.2, 0) is 17.7 Å². The zero-order chi connectivity index (χ0) is 17.4. The van der Waals surface area contributed by atoms with Crippen LogP contribution in [0.1, 0.15) is 40.2 Å². The minimum atomic E-state index is -1.04. The normalized spacial score (nSPS) is 18.2. The topological polar surface area (TPSA) is 80.5 Å². The van der Waals surface area contributed by atoms with Crippen molar-refractivity contribution in [3.63, 3.8) is 0 Å². The number of benzene rings is 1. The Bertz CT molecular complexity index is 802. The monoisotopic (exact) mass is 378 g/mol. The summed E-state index contributed by atoms with van der Waals surface area (Å²) in [6.45, 7) is 5.38. The molecule has 1 saturated heterocycles. The van der Waals surface area contributed by atoms with Crippen molar-refractivity contribution in [1.82, 2.24) is 19.9 Å². The minimum absolute atomic E-state index is 0. The highest BCUT2D eigenvalue weighted by Crippen LogP contribution is 2.28. The SMILES string of the molecule is Cc1c(C(=O)O)nnn1-c1cccc2c1CCN(C1CCOCC1)C2.Cl. The quantitative estimate of drug-likeness (QED) is 0.882. The van der Waals surface area contributed by atoms with E-state index in [0.717, 1.165) is 51.3 Å². The van der Waals surface area contributed by atoms with Crippen molar-refractivity contribution in [2.75, 3.05) is 19.8 Å². The van der Waals surface area contributed by atoms with Crippen LogP contribution in [-0.4, -0.2) is 56.8 Å². The molecule has 0 spiro atoms. The molecule has 1 aromatic heterocycles. The molecule has 3 heterocycles. The van der Waals surface area contributed by atoms with Crippen molar-refractivity contribution >= 4 is 18.4 Å². The molecule has 2 aromatic rings. The number of ether oxygens (including phenoxy) is 1. The first-order valence-corrected chi connectivity index (χ1v) is 8.73. The van der Waals surface area contributed by atoms with Gasteiger partial charge in [-0.2, -0.15) is 0 Å². The lowest BCUT2D eigenvalue weighted by atomic mass is 9.95. The fraction of sp³-hybridized carbons (Fsp3) is 0.500. The van der Waals surface area contributed by atoms with E-state index in [4.69, 9.17) is 4.74 Å². The predicted octanol–water partition coefficient (Wildman–Crippen LogP) is 2.23. The van der Waals surface area contributed by atoms with Crippen molar-refractivity contribution in [1.29, 1.82) is 0 Å². The molecule has 2 aliphatic heterocycles. The second kappa shape index (κ2) is 7.73. The van der Waals surface area contributed by atoms with Crippen LogP contribution >= 0.6 is 12.4 Å². The van der Waals surface area contributed by atoms with Crippen LogP contribution in [0.2, 0.25) is 0 Å². The largest absolute Gasteiger partial charge is 0.476 e. The molecule has 26 heavy (non-hydrogen) atoms. The molecular formula is C18H23ClN4O3. The third-order valence-corrected chi connectivity index (χ3v) is 5.30. The minimum Gasteiger partial charge on any atom is -0.476 e. The van der Waals surface area contributed by atoms with Gasteiger partial charge in [0.15, 0.2) is 5.69 Å². The molecule has 0 saturated carbocycles. The van der Waals surface area contributed by atoms with E-state index >= 15 is 0 Å². The Hall–Kier alpha value is -1.96. The maximum absolute atomic E-state index is 11.2. The summed E-state index contributed by atoms with van der Waals surface area (Å²) in [4.78, 5) is 13.8. The first-order valence-electron chi connectivity index (χ1n) is 8.73. The Morgan fingerprint density at radius 2 is 2.08 bits per heavy atom. The Morgan fingerprint density at radius 3 is 2.77 bits per heavy atom. The van der Waals surface area contributed by atoms with E-state index in [1.165, 1.54) is 11.1 Å². The molecular weight excluding hydrogens is 356 g/mol. The third kappa shape index (κ3) is 3.34. The first kappa shape index (κ1) is 18.8. The van der Waals surface area contributed by atoms with Crippen molar-refractivity contribution in [3.05, 3.63) is 40.7 Å². The van der Waals surface area contributed by atoms with Crippen molar-refractivity contribution in [2.24, 2.45) is 0 Å². The van der Waals surface area contributed by atoms with E-state index < -0.39 is 5.97 Å². The number of rotatable bonds is 3. The summed E-state index contributed by atoms with van der Waals surface area (Å²) in [5.74, 6) is -1.04. The van der Waals surface area contributed by atoms with E-state index in [0.29, 0.717) is 11.7 Å². The highest BCUT2D eigenvalue weighted by molar-refractivity contribution is 5.86. The van der Waals surface area contributed by atoms with Gasteiger partial charge in [0.05, 0.1) is 11.4 Å². The fourth-order valence-electron chi connectivity index (χ4n) is 3.93. The maximum Gasteiger partial charge on any atom is 0.358 e. The Labute approximate surface area is 158 Å². The molecule has 1 N–H and O–H groups in total. The Kier molecular flexibility index (Phi) is 5.60. The number of nitrogens with zero attached hydrogens (tertiary/aromatic N) is 4. The standard InChI is InChI=1S/C18H22N4O3.ClH/c1-12-17(18(23)24)19-20-22(12)16-4-2-3-13-11-21(8-5-15(13)16)14-6-9-25-10-7-14;/h2-4,14H,5-11H2,1H3,(H,23,24);1H. The van der Waals surface area contributed by atoms with Crippen LogP contribution in [0.25, 0.3) is 5.69 Å². The highest BCUT2D eigenvalue weighted by Gasteiger charge is 2.27. The van der Waals surface area contributed by atoms with Crippen LogP contribution in [0.3, 0.4) is 0 Å². The zero-order valence-electron chi connectivity index (χ0n) is 14.7. The summed E-state index contributed by atoms with van der Waals surface area (Å²) in [5, 5.41) is 17.1. The number of carboxylic acid groups (broad SMARTS) is 1. The highest BCUT2D eigenvalue weighted by atomic mass is 35.5. The summed E-state index contributed by atoms with van der Waals surface area (Å²) < 4.78 is 7.14. The molecule has 140 valence electrons. The molecule has 0 amide bonds. The number of hydrogen-bond acceptors (Lipinski definition) is 5. The zero-order valence-corrected chi connectivity index (χ0v) is 15.5. The van der Waals surface area contributed by atoms with Crippen LogP contribution in [0.5, 0.6) is 0 Å². The van der Waals surface area contributed by atoms with Gasteiger partial charge in [0.1, 0.15) is 0 Å². The lowest BCUT2D eigenvalue weighted by molar-refractivity contribution is 0.0290. The first-order chi connectivity index (χ1) is 12.1. The van der Waals surface area contributed by atoms with Crippen LogP contribution < -0.4 is 0 Å². The van der Waals surface area contributed by atoms with Crippen LogP contribution in [0.15, 0.2) is 18.2 Å². The Balaban J connectivity index is 0.00000196. The molecule has 0 atom stereocenters. The average Bonchev–Trinajstić information content (AvgIpc) is 3.03. The number of halogens is 1. The number of fused-ring (bicyclic) bond motifs is 1. The van der Waals surface area contributed by atoms with Gasteiger partial charge in [-0.25, -0.2) is 9.48 Å². The molecule has 8 heteroatoms. The fourth-order valence-corrected chi connectivity index (χ4v) is 3.93. The lowest BCUT2D eigenvalue weighted by Crippen LogP contribution is -2.42. The molecule has 1 fully saturated rings. The average molecular weight is 379 g/mol. The van der Waals surface area contributed by atoms with Crippen LogP contribution in [0, 0.1) is 6.92 Å². The van der Waals surface area contributed by atoms with Gasteiger partial charge < -0.3 is 9.84 Å². The Morgan fingerprint density at radius 1 is 1.31 bits per heavy atom. The third-order valence-electron chi connectivity index (χ3n) is 5.30. The number of carbonyl (C=O) groups is 1. The van der Waals surface area contributed by atoms with Gasteiger partial charge in [-0.05, 0) is 43.4 Å². The summed E-state index contributed by atoms with van der Waals surface area (Å²) in [7, 11) is 0. The second-order valence-electron chi connectivity index (χ2n) is 6.72. The van der Waals surface area contributed by atoms with Crippen molar-refractivity contribution < 1.29 is 14.6 Å². The van der Waals surface area contributed by atoms with Crippen molar-refractivity contribution in [3.8, 4) is 5.69 Å². The van der Waals surface area contributed by atoms with Gasteiger partial charge in [0, 0.05) is 32.3 Å². The number of aromatic carboxylic acids is 1. The molecule has 2 aliphatic rings. The van der Waals surface area contributed by atoms with E-state index in [2.05, 4.69) is 21.3 Å². The molecule has 0 unspecified atom stereocenters. The smallest absolute Gasteiger partial charge is 0.358 e. The van der Waals surface area contributed by atoms with E-state index in [1.54, 1.807) is 11.6 Å². The van der Waals surface area contributed by atoms with Gasteiger partial charge in [0.25, 0.3) is 0 Å². The van der Waals surface area contributed by atoms with Crippen molar-refractivity contribution in [2.45, 2.75) is 38.8 Å². The molecule has 0 aliphatic carbocycles. The second-order valence-corrected chi connectivity index (χ2v) is 6.72. The van der Waals surface area contributed by atoms with E-state index in [1.807, 2.05) is 12.1 Å². The lowest BCUT2D eigenvalue weighted by Gasteiger charge is -2.38. The van der Waals surface area contributed by atoms with Gasteiger partial charge in [0.2, 0.25) is 0 Å². The predicted molar refractivity (Wildman–Crippen MR) is 98.3 cm³/mol. The number of hydrogen-bond donors (Lipinski definition) is 1. The number of carboxylic acids is 1.